The number of isothiocyanates is 1. The minimum Gasteiger partial charge on any atom is -0.500 e. The molecule has 0 amide bonds. The first-order chi connectivity index (χ1) is 3.91. The zero-order valence-corrected chi connectivity index (χ0v) is 5.28. The standard InChI is InChI=1S/C5H7NOS/c1-2-7-4-3-6-5-8/h2H,1,3-4H2. The molecule has 8 heavy (non-hydrogen) atoms. The van der Waals surface area contributed by atoms with Crippen LogP contribution in [0.5, 0.6) is 0 Å². The van der Waals surface area contributed by atoms with Gasteiger partial charge in [0.2, 0.25) is 0 Å². The Labute approximate surface area is 53.9 Å². The summed E-state index contributed by atoms with van der Waals surface area (Å²) in [7, 11) is 0. The van der Waals surface area contributed by atoms with Gasteiger partial charge in [0.1, 0.15) is 6.61 Å². The van der Waals surface area contributed by atoms with E-state index in [1.807, 2.05) is 0 Å². The average Bonchev–Trinajstić information content (AvgIpc) is 1.81. The summed E-state index contributed by atoms with van der Waals surface area (Å²) in [6.07, 6.45) is 1.37. The molecule has 0 saturated heterocycles. The van der Waals surface area contributed by atoms with Gasteiger partial charge in [0.05, 0.1) is 18.0 Å². The van der Waals surface area contributed by atoms with Gasteiger partial charge in [0.25, 0.3) is 0 Å². The molecular formula is C5H7NOS. The Morgan fingerprint density at radius 2 is 2.62 bits per heavy atom. The van der Waals surface area contributed by atoms with Crippen LogP contribution in [0.1, 0.15) is 0 Å². The van der Waals surface area contributed by atoms with Crippen LogP contribution in [0.3, 0.4) is 0 Å². The van der Waals surface area contributed by atoms with Crippen LogP contribution in [0.2, 0.25) is 0 Å². The van der Waals surface area contributed by atoms with E-state index >= 15 is 0 Å². The van der Waals surface area contributed by atoms with Crippen molar-refractivity contribution < 1.29 is 4.74 Å². The first kappa shape index (κ1) is 7.34. The Hall–Kier alpha value is -0.660. The van der Waals surface area contributed by atoms with Crippen molar-refractivity contribution in [1.29, 1.82) is 0 Å². The number of hydrogen-bond acceptors (Lipinski definition) is 3. The molecule has 3 heteroatoms. The van der Waals surface area contributed by atoms with Gasteiger partial charge in [-0.05, 0) is 12.2 Å². The first-order valence-corrected chi connectivity index (χ1v) is 2.58. The third-order valence-corrected chi connectivity index (χ3v) is 0.632. The quantitative estimate of drug-likeness (QED) is 0.246. The molecular weight excluding hydrogens is 122 g/mol. The molecule has 0 N–H and O–H groups in total. The van der Waals surface area contributed by atoms with Crippen molar-refractivity contribution in [1.82, 2.24) is 0 Å². The van der Waals surface area contributed by atoms with E-state index in [0.29, 0.717) is 13.2 Å². The van der Waals surface area contributed by atoms with Gasteiger partial charge in [-0.25, -0.2) is 4.99 Å². The number of nitrogens with zero attached hydrogens (tertiary/aromatic N) is 1. The van der Waals surface area contributed by atoms with Crippen molar-refractivity contribution in [3.8, 4) is 0 Å². The summed E-state index contributed by atoms with van der Waals surface area (Å²) in [4.78, 5) is 3.60. The number of aliphatic imine (C=N–C) groups is 1. The molecule has 2 nitrogen and oxygen atoms in total. The SMILES string of the molecule is C=COCCN=C=S. The number of hydrogen-bond donors (Lipinski definition) is 0. The number of thiocarbonyl (C=S) groups is 1. The highest BCUT2D eigenvalue weighted by atomic mass is 32.1. The highest BCUT2D eigenvalue weighted by molar-refractivity contribution is 7.78. The van der Waals surface area contributed by atoms with E-state index < -0.39 is 0 Å². The van der Waals surface area contributed by atoms with E-state index in [4.69, 9.17) is 4.74 Å². The summed E-state index contributed by atoms with van der Waals surface area (Å²) in [5.41, 5.74) is 0. The van der Waals surface area contributed by atoms with Crippen LogP contribution in [0.15, 0.2) is 17.8 Å². The van der Waals surface area contributed by atoms with Crippen LogP contribution in [-0.2, 0) is 4.74 Å². The molecule has 0 aromatic carbocycles. The molecule has 0 rings (SSSR count). The Kier molecular flexibility index (Phi) is 5.82. The van der Waals surface area contributed by atoms with E-state index in [0.717, 1.165) is 0 Å². The molecule has 44 valence electrons. The molecule has 0 spiro atoms. The van der Waals surface area contributed by atoms with E-state index in [1.54, 1.807) is 0 Å². The fraction of sp³-hybridized carbons (Fsp3) is 0.400. The zero-order valence-electron chi connectivity index (χ0n) is 4.46. The summed E-state index contributed by atoms with van der Waals surface area (Å²) in [6.45, 7) is 4.45. The predicted octanol–water partition coefficient (Wildman–Crippen LogP) is 1.25. The van der Waals surface area contributed by atoms with Crippen LogP contribution >= 0.6 is 12.2 Å². The molecule has 0 saturated carbocycles. The van der Waals surface area contributed by atoms with Crippen LogP contribution in [-0.4, -0.2) is 18.3 Å². The maximum absolute atomic E-state index is 4.72. The van der Waals surface area contributed by atoms with Crippen LogP contribution in [0.4, 0.5) is 0 Å². The van der Waals surface area contributed by atoms with Gasteiger partial charge in [-0.2, -0.15) is 0 Å². The van der Waals surface area contributed by atoms with Crippen LogP contribution in [0, 0.1) is 0 Å². The minimum atomic E-state index is 0.535. The second-order valence-electron chi connectivity index (χ2n) is 1.01. The molecule has 0 aromatic rings. The van der Waals surface area contributed by atoms with E-state index in [-0.39, 0.29) is 0 Å². The van der Waals surface area contributed by atoms with Gasteiger partial charge >= 0.3 is 0 Å². The molecule has 0 heterocycles. The van der Waals surface area contributed by atoms with Crippen LogP contribution < -0.4 is 0 Å². The summed E-state index contributed by atoms with van der Waals surface area (Å²) >= 11 is 4.30. The molecule has 0 aliphatic carbocycles. The largest absolute Gasteiger partial charge is 0.500 e. The lowest BCUT2D eigenvalue weighted by Gasteiger charge is -1.90. The van der Waals surface area contributed by atoms with Crippen molar-refractivity contribution in [3.63, 3.8) is 0 Å². The molecule has 0 radical (unpaired) electrons. The van der Waals surface area contributed by atoms with Gasteiger partial charge in [-0.1, -0.05) is 6.58 Å². The highest BCUT2D eigenvalue weighted by Crippen LogP contribution is 1.72. The molecule has 0 bridgehead atoms. The average molecular weight is 129 g/mol. The van der Waals surface area contributed by atoms with E-state index in [2.05, 4.69) is 29.0 Å². The van der Waals surface area contributed by atoms with Gasteiger partial charge in [0.15, 0.2) is 0 Å². The maximum atomic E-state index is 4.72. The Morgan fingerprint density at radius 3 is 3.12 bits per heavy atom. The summed E-state index contributed by atoms with van der Waals surface area (Å²) in [5.74, 6) is 0. The minimum absolute atomic E-state index is 0.535. The van der Waals surface area contributed by atoms with Gasteiger partial charge < -0.3 is 4.74 Å². The van der Waals surface area contributed by atoms with E-state index in [9.17, 15) is 0 Å². The molecule has 0 fully saturated rings. The lowest BCUT2D eigenvalue weighted by atomic mass is 10.7. The molecule has 0 aliphatic rings. The topological polar surface area (TPSA) is 21.6 Å². The summed E-state index contributed by atoms with van der Waals surface area (Å²) in [5, 5.41) is 2.22. The molecule has 0 aromatic heterocycles. The number of rotatable bonds is 4. The molecule has 0 aliphatic heterocycles. The van der Waals surface area contributed by atoms with Gasteiger partial charge in [0, 0.05) is 0 Å². The van der Waals surface area contributed by atoms with Crippen molar-refractivity contribution in [2.75, 3.05) is 13.2 Å². The third kappa shape index (κ3) is 5.34. The maximum Gasteiger partial charge on any atom is 0.108 e. The smallest absolute Gasteiger partial charge is 0.108 e. The summed E-state index contributed by atoms with van der Waals surface area (Å²) < 4.78 is 4.72. The zero-order chi connectivity index (χ0) is 6.24. The second kappa shape index (κ2) is 6.34. The normalized spacial score (nSPS) is 7.00. The van der Waals surface area contributed by atoms with Crippen molar-refractivity contribution >= 4 is 17.4 Å². The Bertz CT molecular complexity index is 107. The molecule has 0 unspecified atom stereocenters. The van der Waals surface area contributed by atoms with Crippen molar-refractivity contribution in [2.24, 2.45) is 4.99 Å². The lowest BCUT2D eigenvalue weighted by Crippen LogP contribution is -1.89. The first-order valence-electron chi connectivity index (χ1n) is 2.18. The monoisotopic (exact) mass is 129 g/mol. The Balaban J connectivity index is 2.93. The van der Waals surface area contributed by atoms with Crippen molar-refractivity contribution in [2.45, 2.75) is 0 Å². The fourth-order valence-corrected chi connectivity index (χ4v) is 0.319. The highest BCUT2D eigenvalue weighted by Gasteiger charge is 1.74. The lowest BCUT2D eigenvalue weighted by molar-refractivity contribution is 0.261. The third-order valence-electron chi connectivity index (χ3n) is 0.503. The van der Waals surface area contributed by atoms with E-state index in [1.165, 1.54) is 6.26 Å². The predicted molar refractivity (Wildman–Crippen MR) is 36.0 cm³/mol. The van der Waals surface area contributed by atoms with Gasteiger partial charge in [-0.3, -0.25) is 0 Å². The van der Waals surface area contributed by atoms with Crippen LogP contribution in [0.25, 0.3) is 0 Å². The second-order valence-corrected chi connectivity index (χ2v) is 1.19. The Morgan fingerprint density at radius 1 is 1.88 bits per heavy atom. The number of ether oxygens (including phenoxy) is 1. The summed E-state index contributed by atoms with van der Waals surface area (Å²) in [6, 6.07) is 0. The van der Waals surface area contributed by atoms with Crippen molar-refractivity contribution in [3.05, 3.63) is 12.8 Å². The fourth-order valence-electron chi connectivity index (χ4n) is 0.227. The molecule has 0 atom stereocenters. The van der Waals surface area contributed by atoms with Gasteiger partial charge in [-0.15, -0.1) is 0 Å².